The number of ether oxygens (including phenoxy) is 2. The van der Waals surface area contributed by atoms with E-state index in [0.29, 0.717) is 31.8 Å². The van der Waals surface area contributed by atoms with E-state index in [9.17, 15) is 9.59 Å². The van der Waals surface area contributed by atoms with E-state index in [2.05, 4.69) is 6.58 Å². The first kappa shape index (κ1) is 18.6. The number of nitrogens with two attached hydrogens (primary N) is 2. The van der Waals surface area contributed by atoms with Crippen LogP contribution in [0.2, 0.25) is 0 Å². The molecule has 0 aliphatic carbocycles. The summed E-state index contributed by atoms with van der Waals surface area (Å²) in [5, 5.41) is 8.33. The fourth-order valence-corrected chi connectivity index (χ4v) is 1.09. The van der Waals surface area contributed by atoms with Crippen molar-refractivity contribution in [1.29, 1.82) is 0 Å². The maximum atomic E-state index is 10.7. The highest BCUT2D eigenvalue weighted by Crippen LogP contribution is 2.09. The molecule has 1 saturated heterocycles. The first-order chi connectivity index (χ1) is 9.38. The first-order valence-corrected chi connectivity index (χ1v) is 6.51. The number of aliphatic carboxylic acids is 1. The zero-order chi connectivity index (χ0) is 15.5. The second-order valence-electron chi connectivity index (χ2n) is 4.56. The molecule has 1 rings (SSSR count). The van der Waals surface area contributed by atoms with Crippen molar-refractivity contribution in [2.45, 2.75) is 38.3 Å². The van der Waals surface area contributed by atoms with Crippen LogP contribution in [0.3, 0.4) is 0 Å². The number of carbonyl (C=O) groups excluding carboxylic acids is 1. The number of hydrogen-bond donors (Lipinski definition) is 3. The van der Waals surface area contributed by atoms with E-state index in [4.69, 9.17) is 26.0 Å². The average Bonchev–Trinajstić information content (AvgIpc) is 3.20. The van der Waals surface area contributed by atoms with Crippen LogP contribution in [0.4, 0.5) is 0 Å². The SMILES string of the molecule is C=C(C)C(=O)OCC1CO1.NCCCCC(N)C(=O)O. The van der Waals surface area contributed by atoms with Crippen molar-refractivity contribution in [3.05, 3.63) is 12.2 Å². The van der Waals surface area contributed by atoms with Crippen LogP contribution in [0.15, 0.2) is 12.2 Å². The molecule has 0 amide bonds. The number of unbranched alkanes of at least 4 members (excludes halogenated alkanes) is 1. The highest BCUT2D eigenvalue weighted by atomic mass is 16.6. The molecule has 0 radical (unpaired) electrons. The molecule has 5 N–H and O–H groups in total. The minimum Gasteiger partial charge on any atom is -0.480 e. The van der Waals surface area contributed by atoms with Crippen LogP contribution in [-0.4, -0.2) is 48.9 Å². The first-order valence-electron chi connectivity index (χ1n) is 6.51. The summed E-state index contributed by atoms with van der Waals surface area (Å²) in [7, 11) is 0. The van der Waals surface area contributed by atoms with Crippen LogP contribution in [0, 0.1) is 0 Å². The lowest BCUT2D eigenvalue weighted by molar-refractivity contribution is -0.140. The van der Waals surface area contributed by atoms with Crippen LogP contribution in [0.1, 0.15) is 26.2 Å². The fourth-order valence-electron chi connectivity index (χ4n) is 1.09. The Morgan fingerprint density at radius 3 is 2.50 bits per heavy atom. The van der Waals surface area contributed by atoms with Gasteiger partial charge in [-0.1, -0.05) is 13.0 Å². The topological polar surface area (TPSA) is 128 Å². The highest BCUT2D eigenvalue weighted by molar-refractivity contribution is 5.86. The summed E-state index contributed by atoms with van der Waals surface area (Å²) in [4.78, 5) is 20.8. The zero-order valence-electron chi connectivity index (χ0n) is 11.8. The lowest BCUT2D eigenvalue weighted by Gasteiger charge is -2.03. The Balaban J connectivity index is 0.000000361. The van der Waals surface area contributed by atoms with Gasteiger partial charge in [-0.3, -0.25) is 4.79 Å². The maximum absolute atomic E-state index is 10.7. The minimum atomic E-state index is -0.933. The van der Waals surface area contributed by atoms with Gasteiger partial charge in [0.15, 0.2) is 0 Å². The van der Waals surface area contributed by atoms with Gasteiger partial charge < -0.3 is 26.0 Å². The number of epoxide rings is 1. The van der Waals surface area contributed by atoms with Crippen molar-refractivity contribution in [3.8, 4) is 0 Å². The van der Waals surface area contributed by atoms with E-state index in [0.717, 1.165) is 12.8 Å². The Bertz CT molecular complexity index is 329. The van der Waals surface area contributed by atoms with Gasteiger partial charge in [-0.2, -0.15) is 0 Å². The van der Waals surface area contributed by atoms with Gasteiger partial charge in [-0.05, 0) is 26.3 Å². The third kappa shape index (κ3) is 10.5. The predicted molar refractivity (Wildman–Crippen MR) is 74.0 cm³/mol. The van der Waals surface area contributed by atoms with Crippen molar-refractivity contribution < 1.29 is 24.2 Å². The predicted octanol–water partition coefficient (Wildman–Crippen LogP) is 0.0318. The average molecular weight is 288 g/mol. The summed E-state index contributed by atoms with van der Waals surface area (Å²) < 4.78 is 9.60. The molecule has 0 aromatic rings. The Morgan fingerprint density at radius 2 is 2.10 bits per heavy atom. The molecular weight excluding hydrogens is 264 g/mol. The Kier molecular flexibility index (Phi) is 9.61. The van der Waals surface area contributed by atoms with E-state index in [-0.39, 0.29) is 12.1 Å². The van der Waals surface area contributed by atoms with Crippen molar-refractivity contribution in [1.82, 2.24) is 0 Å². The Morgan fingerprint density at radius 1 is 1.50 bits per heavy atom. The summed E-state index contributed by atoms with van der Waals surface area (Å²) in [5.74, 6) is -1.27. The maximum Gasteiger partial charge on any atom is 0.333 e. The molecule has 2 unspecified atom stereocenters. The number of rotatable bonds is 8. The number of hydrogen-bond acceptors (Lipinski definition) is 6. The fraction of sp³-hybridized carbons (Fsp3) is 0.692. The van der Waals surface area contributed by atoms with Crippen LogP contribution in [0.5, 0.6) is 0 Å². The number of carboxylic acid groups (broad SMARTS) is 1. The lowest BCUT2D eigenvalue weighted by atomic mass is 10.1. The van der Waals surface area contributed by atoms with Crippen LogP contribution in [-0.2, 0) is 19.1 Å². The van der Waals surface area contributed by atoms with Crippen molar-refractivity contribution in [3.63, 3.8) is 0 Å². The summed E-state index contributed by atoms with van der Waals surface area (Å²) in [6, 6.07) is -0.716. The molecule has 1 aliphatic heterocycles. The second kappa shape index (κ2) is 10.4. The summed E-state index contributed by atoms with van der Waals surface area (Å²) in [6.07, 6.45) is 2.31. The molecule has 1 fully saturated rings. The Hall–Kier alpha value is -1.44. The molecule has 0 spiro atoms. The van der Waals surface area contributed by atoms with E-state index >= 15 is 0 Å². The minimum absolute atomic E-state index is 0.142. The third-order valence-corrected chi connectivity index (χ3v) is 2.44. The summed E-state index contributed by atoms with van der Waals surface area (Å²) in [6.45, 7) is 6.74. The smallest absolute Gasteiger partial charge is 0.333 e. The highest BCUT2D eigenvalue weighted by Gasteiger charge is 2.24. The van der Waals surface area contributed by atoms with Gasteiger partial charge in [0.05, 0.1) is 6.61 Å². The third-order valence-electron chi connectivity index (χ3n) is 2.44. The summed E-state index contributed by atoms with van der Waals surface area (Å²) in [5.41, 5.74) is 10.9. The van der Waals surface area contributed by atoms with Gasteiger partial charge in [-0.15, -0.1) is 0 Å². The normalized spacial score (nSPS) is 17.4. The van der Waals surface area contributed by atoms with E-state index < -0.39 is 12.0 Å². The molecule has 0 saturated carbocycles. The molecule has 20 heavy (non-hydrogen) atoms. The van der Waals surface area contributed by atoms with Crippen LogP contribution >= 0.6 is 0 Å². The molecule has 7 nitrogen and oxygen atoms in total. The molecule has 0 bridgehead atoms. The van der Waals surface area contributed by atoms with E-state index in [1.54, 1.807) is 6.92 Å². The number of carbonyl (C=O) groups is 2. The quantitative estimate of drug-likeness (QED) is 0.249. The Labute approximate surface area is 118 Å². The molecule has 2 atom stereocenters. The van der Waals surface area contributed by atoms with Gasteiger partial charge in [0.1, 0.15) is 18.8 Å². The van der Waals surface area contributed by atoms with Gasteiger partial charge in [-0.25, -0.2) is 4.79 Å². The zero-order valence-corrected chi connectivity index (χ0v) is 11.8. The van der Waals surface area contributed by atoms with E-state index in [1.165, 1.54) is 0 Å². The van der Waals surface area contributed by atoms with Crippen molar-refractivity contribution in [2.75, 3.05) is 19.8 Å². The molecule has 7 heteroatoms. The monoisotopic (exact) mass is 288 g/mol. The second-order valence-corrected chi connectivity index (χ2v) is 4.56. The van der Waals surface area contributed by atoms with Gasteiger partial charge in [0.25, 0.3) is 0 Å². The van der Waals surface area contributed by atoms with Crippen molar-refractivity contribution in [2.24, 2.45) is 11.5 Å². The molecule has 0 aromatic heterocycles. The van der Waals surface area contributed by atoms with Gasteiger partial charge in [0, 0.05) is 5.57 Å². The molecule has 1 aliphatic rings. The molecule has 1 heterocycles. The molecule has 116 valence electrons. The standard InChI is InChI=1S/C7H10O3.C6H14N2O2/c1-5(2)7(8)10-4-6-3-9-6;7-4-2-1-3-5(8)6(9)10/h6H,1,3-4H2,2H3;5H,1-4,7-8H2,(H,9,10). The van der Waals surface area contributed by atoms with Crippen LogP contribution < -0.4 is 11.5 Å². The van der Waals surface area contributed by atoms with Crippen molar-refractivity contribution >= 4 is 11.9 Å². The molecular formula is C13H24N2O5. The lowest BCUT2D eigenvalue weighted by Crippen LogP contribution is -2.29. The van der Waals surface area contributed by atoms with E-state index in [1.807, 2.05) is 0 Å². The summed E-state index contributed by atoms with van der Waals surface area (Å²) >= 11 is 0. The van der Waals surface area contributed by atoms with Gasteiger partial charge >= 0.3 is 11.9 Å². The number of carboxylic acids is 1. The van der Waals surface area contributed by atoms with Gasteiger partial charge in [0.2, 0.25) is 0 Å². The molecule has 0 aromatic carbocycles. The largest absolute Gasteiger partial charge is 0.480 e. The van der Waals surface area contributed by atoms with Crippen LogP contribution in [0.25, 0.3) is 0 Å². The number of esters is 1.